The number of aromatic nitrogens is 2. The number of Topliss-reactive ketones (excluding diaryl/α,β-unsaturated/α-hetero) is 1. The van der Waals surface area contributed by atoms with Crippen molar-refractivity contribution in [3.8, 4) is 0 Å². The fourth-order valence-electron chi connectivity index (χ4n) is 3.13. The highest BCUT2D eigenvalue weighted by molar-refractivity contribution is 6.00. The lowest BCUT2D eigenvalue weighted by Crippen LogP contribution is -2.37. The van der Waals surface area contributed by atoms with Gasteiger partial charge in [-0.15, -0.1) is 0 Å². The molecule has 3 rings (SSSR count). The summed E-state index contributed by atoms with van der Waals surface area (Å²) in [4.78, 5) is 22.5. The van der Waals surface area contributed by atoms with E-state index in [4.69, 9.17) is 0 Å². The van der Waals surface area contributed by atoms with Crippen molar-refractivity contribution in [1.82, 2.24) is 14.9 Å². The van der Waals surface area contributed by atoms with Crippen LogP contribution < -0.4 is 0 Å². The van der Waals surface area contributed by atoms with Crippen molar-refractivity contribution in [2.45, 2.75) is 33.1 Å². The van der Waals surface area contributed by atoms with Gasteiger partial charge in [0.25, 0.3) is 0 Å². The minimum atomic E-state index is 0.207. The van der Waals surface area contributed by atoms with E-state index in [1.54, 1.807) is 0 Å². The molecule has 1 fully saturated rings. The number of aromatic amines is 1. The Hall–Kier alpha value is -1.68. The van der Waals surface area contributed by atoms with Gasteiger partial charge in [0.15, 0.2) is 5.78 Å². The van der Waals surface area contributed by atoms with Crippen LogP contribution in [-0.2, 0) is 6.42 Å². The van der Waals surface area contributed by atoms with Crippen molar-refractivity contribution in [3.05, 3.63) is 29.6 Å². The average Bonchev–Trinajstić information content (AvgIpc) is 2.89. The summed E-state index contributed by atoms with van der Waals surface area (Å²) in [7, 11) is 0. The van der Waals surface area contributed by atoms with Gasteiger partial charge in [0.1, 0.15) is 5.82 Å². The van der Waals surface area contributed by atoms with E-state index in [9.17, 15) is 4.79 Å². The molecule has 2 aromatic rings. The first-order chi connectivity index (χ1) is 10.2. The third kappa shape index (κ3) is 3.16. The number of fused-ring (bicyclic) bond motifs is 1. The zero-order valence-electron chi connectivity index (χ0n) is 12.9. The summed E-state index contributed by atoms with van der Waals surface area (Å²) in [5, 5.41) is 0. The Morgan fingerprint density at radius 1 is 1.48 bits per heavy atom. The van der Waals surface area contributed by atoms with Gasteiger partial charge < -0.3 is 4.98 Å². The molecule has 1 aromatic heterocycles. The van der Waals surface area contributed by atoms with E-state index in [0.29, 0.717) is 12.5 Å². The van der Waals surface area contributed by atoms with Crippen molar-refractivity contribution >= 4 is 16.8 Å². The molecule has 21 heavy (non-hydrogen) atoms. The minimum Gasteiger partial charge on any atom is -0.342 e. The topological polar surface area (TPSA) is 49.0 Å². The highest BCUT2D eigenvalue weighted by atomic mass is 16.1. The number of nitrogens with one attached hydrogen (secondary N) is 1. The molecule has 0 spiro atoms. The molecule has 4 nitrogen and oxygen atoms in total. The van der Waals surface area contributed by atoms with Crippen LogP contribution in [0.3, 0.4) is 0 Å². The number of rotatable bonds is 4. The Balaban J connectivity index is 1.74. The smallest absolute Gasteiger partial charge is 0.176 e. The van der Waals surface area contributed by atoms with E-state index >= 15 is 0 Å². The van der Waals surface area contributed by atoms with Gasteiger partial charge in [-0.2, -0.15) is 0 Å². The van der Waals surface area contributed by atoms with E-state index in [2.05, 4.69) is 28.7 Å². The highest BCUT2D eigenvalue weighted by Gasteiger charge is 2.19. The molecule has 112 valence electrons. The van der Waals surface area contributed by atoms with Crippen LogP contribution in [0.1, 0.15) is 42.9 Å². The largest absolute Gasteiger partial charge is 0.342 e. The number of piperidine rings is 1. The summed E-state index contributed by atoms with van der Waals surface area (Å²) >= 11 is 0. The maximum Gasteiger partial charge on any atom is 0.176 e. The van der Waals surface area contributed by atoms with E-state index in [-0.39, 0.29) is 5.78 Å². The molecule has 1 atom stereocenters. The van der Waals surface area contributed by atoms with Gasteiger partial charge in [0, 0.05) is 18.5 Å². The maximum absolute atomic E-state index is 12.5. The second kappa shape index (κ2) is 5.98. The number of likely N-dealkylation sites (tertiary alicyclic amines) is 1. The first-order valence-corrected chi connectivity index (χ1v) is 7.90. The number of hydrogen-bond acceptors (Lipinski definition) is 3. The number of ketones is 1. The molecule has 2 heterocycles. The van der Waals surface area contributed by atoms with Crippen molar-refractivity contribution in [3.63, 3.8) is 0 Å². The standard InChI is InChI=1S/C17H23N3O/c1-3-17-18-14-7-6-13(9-15(14)19-17)16(21)11-20-8-4-5-12(2)10-20/h6-7,9,12H,3-5,8,10-11H2,1-2H3,(H,18,19). The Kier molecular flexibility index (Phi) is 4.06. The quantitative estimate of drug-likeness (QED) is 0.878. The van der Waals surface area contributed by atoms with Gasteiger partial charge in [-0.1, -0.05) is 13.8 Å². The first kappa shape index (κ1) is 14.3. The molecular weight excluding hydrogens is 262 g/mol. The summed E-state index contributed by atoms with van der Waals surface area (Å²) in [6, 6.07) is 5.78. The highest BCUT2D eigenvalue weighted by Crippen LogP contribution is 2.18. The third-order valence-electron chi connectivity index (χ3n) is 4.30. The number of hydrogen-bond donors (Lipinski definition) is 1. The fraction of sp³-hybridized carbons (Fsp3) is 0.529. The molecule has 0 radical (unpaired) electrons. The number of aryl methyl sites for hydroxylation is 1. The number of nitrogens with zero attached hydrogens (tertiary/aromatic N) is 2. The van der Waals surface area contributed by atoms with E-state index < -0.39 is 0 Å². The van der Waals surface area contributed by atoms with Gasteiger partial charge >= 0.3 is 0 Å². The van der Waals surface area contributed by atoms with Crippen LogP contribution in [0, 0.1) is 5.92 Å². The van der Waals surface area contributed by atoms with Crippen LogP contribution in [0.5, 0.6) is 0 Å². The lowest BCUT2D eigenvalue weighted by atomic mass is 9.99. The SMILES string of the molecule is CCc1nc2ccc(C(=O)CN3CCCC(C)C3)cc2[nH]1. The summed E-state index contributed by atoms with van der Waals surface area (Å²) in [5.41, 5.74) is 2.69. The second-order valence-electron chi connectivity index (χ2n) is 6.17. The predicted molar refractivity (Wildman–Crippen MR) is 84.6 cm³/mol. The Morgan fingerprint density at radius 2 is 2.33 bits per heavy atom. The number of benzene rings is 1. The predicted octanol–water partition coefficient (Wildman–Crippen LogP) is 3.04. The Bertz CT molecular complexity index is 647. The van der Waals surface area contributed by atoms with Crippen molar-refractivity contribution < 1.29 is 4.79 Å². The molecule has 1 N–H and O–H groups in total. The van der Waals surface area contributed by atoms with Crippen LogP contribution in [-0.4, -0.2) is 40.3 Å². The van der Waals surface area contributed by atoms with Gasteiger partial charge in [-0.05, 0) is 43.5 Å². The van der Waals surface area contributed by atoms with E-state index in [0.717, 1.165) is 41.9 Å². The summed E-state index contributed by atoms with van der Waals surface area (Å²) < 4.78 is 0. The third-order valence-corrected chi connectivity index (χ3v) is 4.30. The van der Waals surface area contributed by atoms with Crippen LogP contribution in [0.4, 0.5) is 0 Å². The normalized spacial score (nSPS) is 20.0. The van der Waals surface area contributed by atoms with Gasteiger partial charge in [-0.3, -0.25) is 9.69 Å². The summed E-state index contributed by atoms with van der Waals surface area (Å²) in [6.07, 6.45) is 3.36. The maximum atomic E-state index is 12.5. The molecule has 1 aromatic carbocycles. The molecule has 0 aliphatic carbocycles. The van der Waals surface area contributed by atoms with E-state index in [1.165, 1.54) is 12.8 Å². The number of H-pyrrole nitrogens is 1. The summed E-state index contributed by atoms with van der Waals surface area (Å²) in [5.74, 6) is 1.88. The van der Waals surface area contributed by atoms with Crippen molar-refractivity contribution in [2.24, 2.45) is 5.92 Å². The Morgan fingerprint density at radius 3 is 3.10 bits per heavy atom. The van der Waals surface area contributed by atoms with Crippen LogP contribution in [0.2, 0.25) is 0 Å². The van der Waals surface area contributed by atoms with Crippen LogP contribution >= 0.6 is 0 Å². The fourth-order valence-corrected chi connectivity index (χ4v) is 3.13. The van der Waals surface area contributed by atoms with Crippen LogP contribution in [0.15, 0.2) is 18.2 Å². The molecule has 1 aliphatic heterocycles. The molecule has 1 saturated heterocycles. The zero-order valence-corrected chi connectivity index (χ0v) is 12.9. The number of carbonyl (C=O) groups is 1. The number of carbonyl (C=O) groups excluding carboxylic acids is 1. The lowest BCUT2D eigenvalue weighted by Gasteiger charge is -2.30. The minimum absolute atomic E-state index is 0.207. The van der Waals surface area contributed by atoms with E-state index in [1.807, 2.05) is 18.2 Å². The van der Waals surface area contributed by atoms with Crippen molar-refractivity contribution in [2.75, 3.05) is 19.6 Å². The monoisotopic (exact) mass is 285 g/mol. The molecule has 1 aliphatic rings. The van der Waals surface area contributed by atoms with Gasteiger partial charge in [0.2, 0.25) is 0 Å². The second-order valence-corrected chi connectivity index (χ2v) is 6.17. The Labute approximate surface area is 125 Å². The molecule has 4 heteroatoms. The molecule has 1 unspecified atom stereocenters. The molecular formula is C17H23N3O. The average molecular weight is 285 g/mol. The first-order valence-electron chi connectivity index (χ1n) is 7.90. The lowest BCUT2D eigenvalue weighted by molar-refractivity contribution is 0.0893. The molecule has 0 amide bonds. The van der Waals surface area contributed by atoms with Gasteiger partial charge in [0.05, 0.1) is 17.6 Å². The number of imidazole rings is 1. The van der Waals surface area contributed by atoms with Gasteiger partial charge in [-0.25, -0.2) is 4.98 Å². The van der Waals surface area contributed by atoms with Crippen LogP contribution in [0.25, 0.3) is 11.0 Å². The van der Waals surface area contributed by atoms with Crippen molar-refractivity contribution in [1.29, 1.82) is 0 Å². The zero-order chi connectivity index (χ0) is 14.8. The molecule has 0 saturated carbocycles. The summed E-state index contributed by atoms with van der Waals surface area (Å²) in [6.45, 7) is 6.95. The molecule has 0 bridgehead atoms.